The van der Waals surface area contributed by atoms with Crippen molar-refractivity contribution >= 4 is 12.1 Å². The van der Waals surface area contributed by atoms with Crippen molar-refractivity contribution in [2.24, 2.45) is 22.9 Å². The predicted molar refractivity (Wildman–Crippen MR) is 76.1 cm³/mol. The maximum Gasteiger partial charge on any atom is 0.271 e. The molecule has 1 N–H and O–H groups in total. The third-order valence-electron chi connectivity index (χ3n) is 4.54. The van der Waals surface area contributed by atoms with Crippen LogP contribution in [0.1, 0.15) is 41.6 Å². The third kappa shape index (κ3) is 2.70. The highest BCUT2D eigenvalue weighted by Gasteiger charge is 2.38. The van der Waals surface area contributed by atoms with Crippen LogP contribution in [0.4, 0.5) is 0 Å². The van der Waals surface area contributed by atoms with Crippen molar-refractivity contribution < 1.29 is 4.79 Å². The monoisotopic (exact) mass is 256 g/mol. The van der Waals surface area contributed by atoms with Crippen LogP contribution in [-0.4, -0.2) is 12.1 Å². The summed E-state index contributed by atoms with van der Waals surface area (Å²) in [6.45, 7) is 2.01. The Morgan fingerprint density at radius 3 is 2.68 bits per heavy atom. The van der Waals surface area contributed by atoms with Gasteiger partial charge < -0.3 is 0 Å². The molecule has 2 fully saturated rings. The Morgan fingerprint density at radius 1 is 1.26 bits per heavy atom. The minimum Gasteiger partial charge on any atom is -0.267 e. The molecule has 3 heteroatoms. The van der Waals surface area contributed by atoms with Gasteiger partial charge in [0.15, 0.2) is 0 Å². The summed E-state index contributed by atoms with van der Waals surface area (Å²) in [5.74, 6) is 2.18. The quantitative estimate of drug-likeness (QED) is 0.655. The first-order chi connectivity index (χ1) is 9.22. The van der Waals surface area contributed by atoms with E-state index < -0.39 is 0 Å². The summed E-state index contributed by atoms with van der Waals surface area (Å²) in [5, 5.41) is 4.15. The predicted octanol–water partition coefficient (Wildman–Crippen LogP) is 3.15. The van der Waals surface area contributed by atoms with Gasteiger partial charge in [-0.15, -0.1) is 0 Å². The van der Waals surface area contributed by atoms with Crippen molar-refractivity contribution in [2.75, 3.05) is 0 Å². The maximum absolute atomic E-state index is 11.9. The highest BCUT2D eigenvalue weighted by molar-refractivity contribution is 5.94. The molecule has 1 amide bonds. The van der Waals surface area contributed by atoms with Crippen molar-refractivity contribution in [1.29, 1.82) is 0 Å². The van der Waals surface area contributed by atoms with Gasteiger partial charge in [0, 0.05) is 11.8 Å². The molecule has 1 aromatic carbocycles. The molecule has 0 unspecified atom stereocenters. The number of hydrazone groups is 1. The van der Waals surface area contributed by atoms with Crippen LogP contribution in [0.25, 0.3) is 0 Å². The summed E-state index contributed by atoms with van der Waals surface area (Å²) in [5.41, 5.74) is 4.45. The fourth-order valence-electron chi connectivity index (χ4n) is 3.44. The maximum atomic E-state index is 11.9. The van der Waals surface area contributed by atoms with Gasteiger partial charge in [-0.25, -0.2) is 5.43 Å². The number of aryl methyl sites for hydroxylation is 1. The van der Waals surface area contributed by atoms with E-state index in [0.717, 1.165) is 17.4 Å². The number of nitrogens with zero attached hydrogens (tertiary/aromatic N) is 1. The van der Waals surface area contributed by atoms with Crippen LogP contribution in [0, 0.1) is 24.7 Å². The topological polar surface area (TPSA) is 41.5 Å². The van der Waals surface area contributed by atoms with Gasteiger partial charge >= 0.3 is 0 Å². The number of hydrogen-bond acceptors (Lipinski definition) is 2. The normalized spacial score (nSPS) is 29.0. The molecule has 0 aromatic heterocycles. The molecule has 2 bridgehead atoms. The molecule has 0 radical (unpaired) electrons. The first-order valence-corrected chi connectivity index (χ1v) is 7.12. The molecule has 0 heterocycles. The van der Waals surface area contributed by atoms with E-state index in [-0.39, 0.29) is 5.91 Å². The summed E-state index contributed by atoms with van der Waals surface area (Å²) in [6, 6.07) is 7.54. The van der Waals surface area contributed by atoms with E-state index >= 15 is 0 Å². The molecular weight excluding hydrogens is 236 g/mol. The lowest BCUT2D eigenvalue weighted by Gasteiger charge is -2.16. The minimum atomic E-state index is -0.126. The fraction of sp³-hybridized carbons (Fsp3) is 0.500. The Morgan fingerprint density at radius 2 is 2.05 bits per heavy atom. The van der Waals surface area contributed by atoms with Gasteiger partial charge in [-0.3, -0.25) is 4.79 Å². The molecule has 0 saturated heterocycles. The molecule has 3 nitrogen and oxygen atoms in total. The van der Waals surface area contributed by atoms with E-state index in [1.165, 1.54) is 25.7 Å². The number of carbonyl (C=O) groups excluding carboxylic acids is 1. The Bertz CT molecular complexity index is 492. The highest BCUT2D eigenvalue weighted by Crippen LogP contribution is 2.47. The zero-order valence-electron chi connectivity index (χ0n) is 11.3. The van der Waals surface area contributed by atoms with Crippen molar-refractivity contribution in [1.82, 2.24) is 5.43 Å². The van der Waals surface area contributed by atoms with E-state index in [4.69, 9.17) is 0 Å². The SMILES string of the molecule is Cc1ccc(C(=O)N/N=C\[C@H]2C[C@H]3CC[C@@H]2C3)cc1. The third-order valence-corrected chi connectivity index (χ3v) is 4.54. The lowest BCUT2D eigenvalue weighted by Crippen LogP contribution is -2.20. The van der Waals surface area contributed by atoms with Crippen LogP contribution in [0.3, 0.4) is 0 Å². The average Bonchev–Trinajstić information content (AvgIpc) is 3.02. The van der Waals surface area contributed by atoms with Gasteiger partial charge in [-0.2, -0.15) is 5.10 Å². The zero-order valence-corrected chi connectivity index (χ0v) is 11.3. The van der Waals surface area contributed by atoms with Crippen molar-refractivity contribution in [3.8, 4) is 0 Å². The van der Waals surface area contributed by atoms with Crippen LogP contribution in [0.2, 0.25) is 0 Å². The Kier molecular flexibility index (Phi) is 3.36. The van der Waals surface area contributed by atoms with Crippen LogP contribution >= 0.6 is 0 Å². The summed E-state index contributed by atoms with van der Waals surface area (Å²) in [4.78, 5) is 11.9. The van der Waals surface area contributed by atoms with Gasteiger partial charge in [0.25, 0.3) is 5.91 Å². The summed E-state index contributed by atoms with van der Waals surface area (Å²) >= 11 is 0. The van der Waals surface area contributed by atoms with Crippen molar-refractivity contribution in [2.45, 2.75) is 32.6 Å². The number of rotatable bonds is 3. The number of benzene rings is 1. The molecule has 2 aliphatic carbocycles. The smallest absolute Gasteiger partial charge is 0.267 e. The largest absolute Gasteiger partial charge is 0.271 e. The molecule has 3 rings (SSSR count). The van der Waals surface area contributed by atoms with Crippen LogP contribution in [0.15, 0.2) is 29.4 Å². The number of carbonyl (C=O) groups is 1. The Hall–Kier alpha value is -1.64. The number of nitrogens with one attached hydrogen (secondary N) is 1. The van der Waals surface area contributed by atoms with E-state index in [1.807, 2.05) is 37.4 Å². The summed E-state index contributed by atoms with van der Waals surface area (Å²) < 4.78 is 0. The standard InChI is InChI=1S/C16H20N2O/c1-11-2-5-13(6-3-11)16(19)18-17-10-15-9-12-4-7-14(15)8-12/h2-3,5-6,10,12,14-15H,4,7-9H2,1H3,(H,18,19)/b17-10-/t12-,14+,15+/m0/s1. The molecule has 3 atom stereocenters. The van der Waals surface area contributed by atoms with E-state index in [1.54, 1.807) is 0 Å². The second-order valence-electron chi connectivity index (χ2n) is 5.92. The molecule has 19 heavy (non-hydrogen) atoms. The van der Waals surface area contributed by atoms with E-state index in [2.05, 4.69) is 10.5 Å². The van der Waals surface area contributed by atoms with Gasteiger partial charge in [0.05, 0.1) is 0 Å². The molecule has 1 aromatic rings. The second-order valence-corrected chi connectivity index (χ2v) is 5.92. The van der Waals surface area contributed by atoms with Crippen molar-refractivity contribution in [3.63, 3.8) is 0 Å². The molecular formula is C16H20N2O. The number of hydrogen-bond donors (Lipinski definition) is 1. The Balaban J connectivity index is 1.54. The number of amides is 1. The van der Waals surface area contributed by atoms with Gasteiger partial charge in [-0.1, -0.05) is 24.1 Å². The van der Waals surface area contributed by atoms with Crippen LogP contribution in [0.5, 0.6) is 0 Å². The lowest BCUT2D eigenvalue weighted by molar-refractivity contribution is 0.0955. The molecule has 0 spiro atoms. The van der Waals surface area contributed by atoms with Gasteiger partial charge in [-0.05, 0) is 56.1 Å². The molecule has 2 aliphatic rings. The van der Waals surface area contributed by atoms with Crippen molar-refractivity contribution in [3.05, 3.63) is 35.4 Å². The van der Waals surface area contributed by atoms with E-state index in [9.17, 15) is 4.79 Å². The van der Waals surface area contributed by atoms with Crippen LogP contribution < -0.4 is 5.43 Å². The van der Waals surface area contributed by atoms with E-state index in [0.29, 0.717) is 11.5 Å². The first kappa shape index (κ1) is 12.4. The fourth-order valence-corrected chi connectivity index (χ4v) is 3.44. The molecule has 0 aliphatic heterocycles. The number of fused-ring (bicyclic) bond motifs is 2. The minimum absolute atomic E-state index is 0.126. The summed E-state index contributed by atoms with van der Waals surface area (Å²) in [7, 11) is 0. The molecule has 2 saturated carbocycles. The zero-order chi connectivity index (χ0) is 13.2. The van der Waals surface area contributed by atoms with Gasteiger partial charge in [0.2, 0.25) is 0 Å². The van der Waals surface area contributed by atoms with Gasteiger partial charge in [0.1, 0.15) is 0 Å². The summed E-state index contributed by atoms with van der Waals surface area (Å²) in [6.07, 6.45) is 7.31. The second kappa shape index (κ2) is 5.16. The van der Waals surface area contributed by atoms with Crippen LogP contribution in [-0.2, 0) is 0 Å². The average molecular weight is 256 g/mol. The molecule has 100 valence electrons. The first-order valence-electron chi connectivity index (χ1n) is 7.12. The highest BCUT2D eigenvalue weighted by atomic mass is 16.2. The lowest BCUT2D eigenvalue weighted by atomic mass is 9.90. The Labute approximate surface area is 114 Å².